The number of carbonyl (C=O) groups excluding carboxylic acids is 1. The lowest BCUT2D eigenvalue weighted by Crippen LogP contribution is -2.08. The zero-order valence-electron chi connectivity index (χ0n) is 11.3. The standard InChI is InChI=1S/C14H15N3O2S/c1-3-20-14-16-8-11(13(15)17-14)12(18)9-4-6-10(19-2)7-5-9/h4-8H,3H2,1-2H3,(H2,15,16,17). The summed E-state index contributed by atoms with van der Waals surface area (Å²) in [5.41, 5.74) is 6.68. The van der Waals surface area contributed by atoms with Crippen molar-refractivity contribution in [2.24, 2.45) is 0 Å². The van der Waals surface area contributed by atoms with E-state index in [-0.39, 0.29) is 11.6 Å². The molecule has 0 fully saturated rings. The van der Waals surface area contributed by atoms with E-state index >= 15 is 0 Å². The SMILES string of the molecule is CCSc1ncc(C(=O)c2ccc(OC)cc2)c(N)n1. The Bertz CT molecular complexity index is 614. The first kappa shape index (κ1) is 14.3. The molecule has 2 aromatic rings. The van der Waals surface area contributed by atoms with E-state index in [0.29, 0.717) is 22.0 Å². The number of nitrogens with zero attached hydrogens (tertiary/aromatic N) is 2. The maximum absolute atomic E-state index is 12.3. The third-order valence-electron chi connectivity index (χ3n) is 2.67. The van der Waals surface area contributed by atoms with Crippen molar-refractivity contribution in [3.05, 3.63) is 41.6 Å². The molecule has 0 aliphatic heterocycles. The molecule has 0 saturated heterocycles. The van der Waals surface area contributed by atoms with Crippen LogP contribution in [0.1, 0.15) is 22.8 Å². The molecule has 1 aromatic carbocycles. The Morgan fingerprint density at radius 3 is 2.60 bits per heavy atom. The number of carbonyl (C=O) groups is 1. The van der Waals surface area contributed by atoms with Gasteiger partial charge in [0, 0.05) is 11.8 Å². The summed E-state index contributed by atoms with van der Waals surface area (Å²) >= 11 is 1.48. The van der Waals surface area contributed by atoms with Crippen molar-refractivity contribution in [1.82, 2.24) is 9.97 Å². The molecule has 1 aromatic heterocycles. The van der Waals surface area contributed by atoms with Gasteiger partial charge >= 0.3 is 0 Å². The maximum Gasteiger partial charge on any atom is 0.198 e. The van der Waals surface area contributed by atoms with Crippen molar-refractivity contribution in [3.8, 4) is 5.75 Å². The zero-order chi connectivity index (χ0) is 14.5. The number of ketones is 1. The van der Waals surface area contributed by atoms with Gasteiger partial charge in [-0.15, -0.1) is 0 Å². The number of ether oxygens (including phenoxy) is 1. The lowest BCUT2D eigenvalue weighted by Gasteiger charge is -2.06. The lowest BCUT2D eigenvalue weighted by atomic mass is 10.1. The predicted octanol–water partition coefficient (Wildman–Crippen LogP) is 2.41. The summed E-state index contributed by atoms with van der Waals surface area (Å²) in [5, 5.41) is 0.580. The quantitative estimate of drug-likeness (QED) is 0.517. The molecular formula is C14H15N3O2S. The molecule has 0 unspecified atom stereocenters. The summed E-state index contributed by atoms with van der Waals surface area (Å²) in [6, 6.07) is 6.84. The second-order valence-electron chi connectivity index (χ2n) is 3.94. The Morgan fingerprint density at radius 1 is 1.35 bits per heavy atom. The molecule has 2 N–H and O–H groups in total. The van der Waals surface area contributed by atoms with Crippen LogP contribution in [0.3, 0.4) is 0 Å². The number of methoxy groups -OCH3 is 1. The van der Waals surface area contributed by atoms with Crippen molar-refractivity contribution in [1.29, 1.82) is 0 Å². The van der Waals surface area contributed by atoms with Crippen LogP contribution in [-0.4, -0.2) is 28.6 Å². The molecule has 0 atom stereocenters. The molecule has 0 bridgehead atoms. The van der Waals surface area contributed by atoms with E-state index in [1.165, 1.54) is 18.0 Å². The first-order valence-corrected chi connectivity index (χ1v) is 7.08. The minimum absolute atomic E-state index is 0.196. The summed E-state index contributed by atoms with van der Waals surface area (Å²) in [5.74, 6) is 1.56. The van der Waals surface area contributed by atoms with Crippen LogP contribution in [0.25, 0.3) is 0 Å². The first-order chi connectivity index (χ1) is 9.65. The number of rotatable bonds is 5. The number of hydrogen-bond acceptors (Lipinski definition) is 6. The van der Waals surface area contributed by atoms with Crippen LogP contribution in [0, 0.1) is 0 Å². The smallest absolute Gasteiger partial charge is 0.198 e. The summed E-state index contributed by atoms with van der Waals surface area (Å²) in [6.07, 6.45) is 1.48. The predicted molar refractivity (Wildman–Crippen MR) is 79.3 cm³/mol. The molecule has 104 valence electrons. The second kappa shape index (κ2) is 6.38. The molecule has 0 aliphatic carbocycles. The van der Waals surface area contributed by atoms with Crippen LogP contribution in [-0.2, 0) is 0 Å². The number of anilines is 1. The van der Waals surface area contributed by atoms with Gasteiger partial charge in [-0.3, -0.25) is 4.79 Å². The van der Waals surface area contributed by atoms with Gasteiger partial charge in [0.25, 0.3) is 0 Å². The van der Waals surface area contributed by atoms with Gasteiger partial charge in [0.1, 0.15) is 11.6 Å². The summed E-state index contributed by atoms with van der Waals surface area (Å²) < 4.78 is 5.06. The fourth-order valence-corrected chi connectivity index (χ4v) is 2.20. The first-order valence-electron chi connectivity index (χ1n) is 6.09. The molecule has 0 spiro atoms. The molecule has 2 rings (SSSR count). The van der Waals surface area contributed by atoms with E-state index in [1.807, 2.05) is 6.92 Å². The minimum atomic E-state index is -0.196. The Kier molecular flexibility index (Phi) is 4.57. The maximum atomic E-state index is 12.3. The average molecular weight is 289 g/mol. The van der Waals surface area contributed by atoms with Gasteiger partial charge in [0.05, 0.1) is 12.7 Å². The molecule has 5 nitrogen and oxygen atoms in total. The molecule has 0 amide bonds. The summed E-state index contributed by atoms with van der Waals surface area (Å²) in [4.78, 5) is 20.6. The fourth-order valence-electron chi connectivity index (χ4n) is 1.65. The third kappa shape index (κ3) is 3.08. The monoisotopic (exact) mass is 289 g/mol. The summed E-state index contributed by atoms with van der Waals surface area (Å²) in [6.45, 7) is 2.00. The van der Waals surface area contributed by atoms with Crippen LogP contribution in [0.15, 0.2) is 35.6 Å². The number of aromatic nitrogens is 2. The van der Waals surface area contributed by atoms with Crippen molar-refractivity contribution in [2.75, 3.05) is 18.6 Å². The Morgan fingerprint density at radius 2 is 2.05 bits per heavy atom. The van der Waals surface area contributed by atoms with Crippen LogP contribution >= 0.6 is 11.8 Å². The topological polar surface area (TPSA) is 78.1 Å². The highest BCUT2D eigenvalue weighted by Gasteiger charge is 2.14. The molecule has 0 saturated carbocycles. The second-order valence-corrected chi connectivity index (χ2v) is 5.17. The summed E-state index contributed by atoms with van der Waals surface area (Å²) in [7, 11) is 1.58. The molecule has 1 heterocycles. The van der Waals surface area contributed by atoms with Gasteiger partial charge in [-0.05, 0) is 30.0 Å². The van der Waals surface area contributed by atoms with Gasteiger partial charge in [-0.2, -0.15) is 0 Å². The van der Waals surface area contributed by atoms with E-state index in [0.717, 1.165) is 5.75 Å². The Hall–Kier alpha value is -2.08. The Balaban J connectivity index is 2.28. The highest BCUT2D eigenvalue weighted by molar-refractivity contribution is 7.99. The van der Waals surface area contributed by atoms with Crippen molar-refractivity contribution in [3.63, 3.8) is 0 Å². The number of hydrogen-bond donors (Lipinski definition) is 1. The normalized spacial score (nSPS) is 10.3. The third-order valence-corrected chi connectivity index (χ3v) is 3.41. The fraction of sp³-hybridized carbons (Fsp3) is 0.214. The largest absolute Gasteiger partial charge is 0.497 e. The number of nitrogens with two attached hydrogens (primary N) is 1. The van der Waals surface area contributed by atoms with Crippen LogP contribution < -0.4 is 10.5 Å². The number of nitrogen functional groups attached to an aromatic ring is 1. The van der Waals surface area contributed by atoms with Gasteiger partial charge in [-0.1, -0.05) is 18.7 Å². The molecular weight excluding hydrogens is 274 g/mol. The van der Waals surface area contributed by atoms with Crippen LogP contribution in [0.5, 0.6) is 5.75 Å². The van der Waals surface area contributed by atoms with Gasteiger partial charge in [0.15, 0.2) is 10.9 Å². The molecule has 6 heteroatoms. The van der Waals surface area contributed by atoms with E-state index in [2.05, 4.69) is 9.97 Å². The zero-order valence-corrected chi connectivity index (χ0v) is 12.1. The molecule has 20 heavy (non-hydrogen) atoms. The Labute approximate surface area is 121 Å². The van der Waals surface area contributed by atoms with Crippen molar-refractivity contribution >= 4 is 23.4 Å². The number of thioether (sulfide) groups is 1. The number of benzene rings is 1. The highest BCUT2D eigenvalue weighted by atomic mass is 32.2. The average Bonchev–Trinajstić information content (AvgIpc) is 2.47. The van der Waals surface area contributed by atoms with Crippen molar-refractivity contribution in [2.45, 2.75) is 12.1 Å². The molecule has 0 aliphatic rings. The molecule has 0 radical (unpaired) electrons. The van der Waals surface area contributed by atoms with E-state index in [1.54, 1.807) is 31.4 Å². The van der Waals surface area contributed by atoms with E-state index in [4.69, 9.17) is 10.5 Å². The highest BCUT2D eigenvalue weighted by Crippen LogP contribution is 2.20. The van der Waals surface area contributed by atoms with Crippen molar-refractivity contribution < 1.29 is 9.53 Å². The van der Waals surface area contributed by atoms with Gasteiger partial charge < -0.3 is 10.5 Å². The van der Waals surface area contributed by atoms with E-state index < -0.39 is 0 Å². The van der Waals surface area contributed by atoms with E-state index in [9.17, 15) is 4.79 Å². The lowest BCUT2D eigenvalue weighted by molar-refractivity contribution is 0.103. The minimum Gasteiger partial charge on any atom is -0.497 e. The van der Waals surface area contributed by atoms with Gasteiger partial charge in [-0.25, -0.2) is 9.97 Å². The van der Waals surface area contributed by atoms with Crippen LogP contribution in [0.4, 0.5) is 5.82 Å². The van der Waals surface area contributed by atoms with Crippen LogP contribution in [0.2, 0.25) is 0 Å². The van der Waals surface area contributed by atoms with Gasteiger partial charge in [0.2, 0.25) is 0 Å².